The number of carbonyl (C=O) groups excluding carboxylic acids is 1. The minimum Gasteiger partial charge on any atom is -0.492 e. The van der Waals surface area contributed by atoms with E-state index in [1.165, 1.54) is 0 Å². The molecule has 10 nitrogen and oxygen atoms in total. The molecule has 4 aromatic rings. The lowest BCUT2D eigenvalue weighted by molar-refractivity contribution is -0.127. The van der Waals surface area contributed by atoms with Gasteiger partial charge in [-0.25, -0.2) is 9.50 Å². The summed E-state index contributed by atoms with van der Waals surface area (Å²) in [6, 6.07) is 14.1. The van der Waals surface area contributed by atoms with Crippen LogP contribution < -0.4 is 15.0 Å². The molecule has 6 heterocycles. The number of anilines is 1. The molecule has 2 fully saturated rings. The van der Waals surface area contributed by atoms with E-state index in [1.807, 2.05) is 62.8 Å². The summed E-state index contributed by atoms with van der Waals surface area (Å²) in [4.78, 5) is 27.2. The minimum absolute atomic E-state index is 0.0668. The van der Waals surface area contributed by atoms with Crippen LogP contribution >= 0.6 is 0 Å². The van der Waals surface area contributed by atoms with Gasteiger partial charge in [0.25, 0.3) is 0 Å². The molecule has 2 aliphatic rings. The Kier molecular flexibility index (Phi) is 7.76. The van der Waals surface area contributed by atoms with Crippen molar-refractivity contribution in [3.8, 4) is 22.9 Å². The largest absolute Gasteiger partial charge is 0.492 e. The van der Waals surface area contributed by atoms with E-state index in [0.29, 0.717) is 24.3 Å². The van der Waals surface area contributed by atoms with Crippen LogP contribution in [0.15, 0.2) is 61.2 Å². The molecule has 6 rings (SSSR count). The molecule has 1 atom stereocenters. The molecule has 0 unspecified atom stereocenters. The van der Waals surface area contributed by atoms with Crippen molar-refractivity contribution < 1.29 is 9.53 Å². The minimum atomic E-state index is -0.355. The fraction of sp³-hybridized carbons (Fsp3) is 0.406. The number of nitriles is 1. The van der Waals surface area contributed by atoms with Gasteiger partial charge in [-0.05, 0) is 76.5 Å². The maximum atomic E-state index is 13.4. The molecule has 0 aliphatic carbocycles. The normalized spacial score (nSPS) is 18.6. The molecule has 2 aliphatic heterocycles. The van der Waals surface area contributed by atoms with Gasteiger partial charge in [-0.15, -0.1) is 0 Å². The quantitative estimate of drug-likeness (QED) is 0.344. The SMILES string of the molecule is CCOc1cc(-c2ccc(N3CCC(Cc4ccccn4)(NC(=O)[C@H]4CCCN4C)CC3)nc2)c2c(C#N)cnn2c1. The predicted octanol–water partition coefficient (Wildman–Crippen LogP) is 3.85. The number of fused-ring (bicyclic) bond motifs is 1. The Labute approximate surface area is 245 Å². The van der Waals surface area contributed by atoms with E-state index in [-0.39, 0.29) is 17.5 Å². The molecule has 42 heavy (non-hydrogen) atoms. The Balaban J connectivity index is 1.22. The fourth-order valence-corrected chi connectivity index (χ4v) is 6.32. The highest BCUT2D eigenvalue weighted by Gasteiger charge is 2.39. The first-order valence-electron chi connectivity index (χ1n) is 14.7. The molecule has 0 radical (unpaired) electrons. The van der Waals surface area contributed by atoms with Crippen molar-refractivity contribution in [3.05, 3.63) is 72.4 Å². The van der Waals surface area contributed by atoms with Crippen LogP contribution in [0.25, 0.3) is 16.6 Å². The number of nitrogens with zero attached hydrogens (tertiary/aromatic N) is 7. The standard InChI is InChI=1S/C32H36N8O2/c1-3-42-26-17-27(30-24(19-33)21-36-40(30)22-26)23-9-10-29(35-20-23)39-15-11-32(12-16-39,18-25-7-4-5-13-34-25)37-31(41)28-8-6-14-38(28)2/h4-5,7,9-10,13,17,20-22,28H,3,6,8,11-12,14-16,18H2,1-2H3,(H,37,41)/t28-/m1/s1. The molecule has 1 N–H and O–H groups in total. The summed E-state index contributed by atoms with van der Waals surface area (Å²) in [5, 5.41) is 17.5. The van der Waals surface area contributed by atoms with Crippen LogP contribution in [-0.2, 0) is 11.2 Å². The van der Waals surface area contributed by atoms with Crippen molar-refractivity contribution >= 4 is 17.2 Å². The third-order valence-corrected chi connectivity index (χ3v) is 8.58. The number of nitrogens with one attached hydrogen (secondary N) is 1. The summed E-state index contributed by atoms with van der Waals surface area (Å²) in [6.07, 6.45) is 11.3. The molecule has 1 amide bonds. The number of rotatable bonds is 8. The first-order valence-corrected chi connectivity index (χ1v) is 14.7. The summed E-state index contributed by atoms with van der Waals surface area (Å²) in [5.74, 6) is 1.69. The number of carbonyl (C=O) groups is 1. The van der Waals surface area contributed by atoms with Crippen molar-refractivity contribution in [1.82, 2.24) is 29.8 Å². The van der Waals surface area contributed by atoms with Gasteiger partial charge in [0.15, 0.2) is 0 Å². The monoisotopic (exact) mass is 564 g/mol. The second-order valence-electron chi connectivity index (χ2n) is 11.3. The van der Waals surface area contributed by atoms with Crippen LogP contribution in [0.4, 0.5) is 5.82 Å². The van der Waals surface area contributed by atoms with E-state index in [2.05, 4.69) is 31.3 Å². The Morgan fingerprint density at radius 2 is 2.02 bits per heavy atom. The zero-order chi connectivity index (χ0) is 29.1. The van der Waals surface area contributed by atoms with Crippen molar-refractivity contribution in [1.29, 1.82) is 5.26 Å². The highest BCUT2D eigenvalue weighted by atomic mass is 16.5. The van der Waals surface area contributed by atoms with E-state index in [0.717, 1.165) is 73.5 Å². The molecular weight excluding hydrogens is 528 g/mol. The average molecular weight is 565 g/mol. The lowest BCUT2D eigenvalue weighted by Gasteiger charge is -2.43. The van der Waals surface area contributed by atoms with Gasteiger partial charge in [-0.1, -0.05) is 6.07 Å². The molecule has 0 bridgehead atoms. The molecule has 2 saturated heterocycles. The van der Waals surface area contributed by atoms with Gasteiger partial charge in [0.05, 0.1) is 36.1 Å². The summed E-state index contributed by atoms with van der Waals surface area (Å²) >= 11 is 0. The molecule has 10 heteroatoms. The number of likely N-dealkylation sites (tertiary alicyclic amines) is 1. The maximum Gasteiger partial charge on any atom is 0.237 e. The fourth-order valence-electron chi connectivity index (χ4n) is 6.32. The van der Waals surface area contributed by atoms with Gasteiger partial charge in [-0.2, -0.15) is 10.4 Å². The number of hydrogen-bond donors (Lipinski definition) is 1. The Hall–Kier alpha value is -4.49. The summed E-state index contributed by atoms with van der Waals surface area (Å²) in [6.45, 7) is 4.97. The highest BCUT2D eigenvalue weighted by molar-refractivity contribution is 5.85. The second kappa shape index (κ2) is 11.8. The van der Waals surface area contributed by atoms with Crippen molar-refractivity contribution in [3.63, 3.8) is 0 Å². The topological polar surface area (TPSA) is 112 Å². The first kappa shape index (κ1) is 27.7. The van der Waals surface area contributed by atoms with Crippen LogP contribution in [-0.4, -0.2) is 75.3 Å². The number of aromatic nitrogens is 4. The number of hydrogen-bond acceptors (Lipinski definition) is 8. The van der Waals surface area contributed by atoms with Crippen molar-refractivity contribution in [2.45, 2.75) is 50.6 Å². The van der Waals surface area contributed by atoms with E-state index >= 15 is 0 Å². The van der Waals surface area contributed by atoms with Crippen LogP contribution in [0.2, 0.25) is 0 Å². The second-order valence-corrected chi connectivity index (χ2v) is 11.3. The zero-order valence-electron chi connectivity index (χ0n) is 24.2. The zero-order valence-corrected chi connectivity index (χ0v) is 24.2. The van der Waals surface area contributed by atoms with Gasteiger partial charge < -0.3 is 15.0 Å². The maximum absolute atomic E-state index is 13.4. The molecule has 0 saturated carbocycles. The van der Waals surface area contributed by atoms with Crippen LogP contribution in [0.1, 0.15) is 43.9 Å². The third kappa shape index (κ3) is 5.52. The van der Waals surface area contributed by atoms with Crippen molar-refractivity contribution in [2.24, 2.45) is 0 Å². The number of pyridine rings is 3. The van der Waals surface area contributed by atoms with Gasteiger partial charge >= 0.3 is 0 Å². The highest BCUT2D eigenvalue weighted by Crippen LogP contribution is 2.33. The van der Waals surface area contributed by atoms with Gasteiger partial charge in [-0.3, -0.25) is 14.7 Å². The van der Waals surface area contributed by atoms with Gasteiger partial charge in [0, 0.05) is 54.3 Å². The van der Waals surface area contributed by atoms with E-state index in [9.17, 15) is 10.1 Å². The van der Waals surface area contributed by atoms with Crippen LogP contribution in [0, 0.1) is 11.3 Å². The molecule has 0 spiro atoms. The summed E-state index contributed by atoms with van der Waals surface area (Å²) < 4.78 is 7.45. The van der Waals surface area contributed by atoms with Crippen molar-refractivity contribution in [2.75, 3.05) is 38.2 Å². The van der Waals surface area contributed by atoms with Crippen LogP contribution in [0.5, 0.6) is 5.75 Å². The number of ether oxygens (including phenoxy) is 1. The lowest BCUT2D eigenvalue weighted by Crippen LogP contribution is -2.59. The molecule has 0 aromatic carbocycles. The van der Waals surface area contributed by atoms with E-state index in [4.69, 9.17) is 9.72 Å². The number of likely N-dealkylation sites (N-methyl/N-ethyl adjacent to an activating group) is 1. The summed E-state index contributed by atoms with van der Waals surface area (Å²) in [5.41, 5.74) is 3.61. The van der Waals surface area contributed by atoms with Crippen LogP contribution in [0.3, 0.4) is 0 Å². The molecule has 4 aromatic heterocycles. The number of amides is 1. The predicted molar refractivity (Wildman–Crippen MR) is 160 cm³/mol. The van der Waals surface area contributed by atoms with Gasteiger partial charge in [0.2, 0.25) is 5.91 Å². The first-order chi connectivity index (χ1) is 20.5. The Morgan fingerprint density at radius 3 is 2.69 bits per heavy atom. The van der Waals surface area contributed by atoms with Gasteiger partial charge in [0.1, 0.15) is 17.6 Å². The van der Waals surface area contributed by atoms with E-state index in [1.54, 1.807) is 16.9 Å². The molecule has 216 valence electrons. The Bertz CT molecular complexity index is 1590. The number of piperidine rings is 1. The van der Waals surface area contributed by atoms with E-state index < -0.39 is 0 Å². The third-order valence-electron chi connectivity index (χ3n) is 8.58. The molecular formula is C32H36N8O2. The lowest BCUT2D eigenvalue weighted by atomic mass is 9.82. The smallest absolute Gasteiger partial charge is 0.237 e. The average Bonchev–Trinajstić information content (AvgIpc) is 3.64. The summed E-state index contributed by atoms with van der Waals surface area (Å²) in [7, 11) is 2.03. The Morgan fingerprint density at radius 1 is 1.17 bits per heavy atom.